The molecular weight excluding hydrogens is 324 g/mol. The van der Waals surface area contributed by atoms with Crippen LogP contribution >= 0.6 is 15.9 Å². The molecule has 0 spiro atoms. The Morgan fingerprint density at radius 3 is 3.00 bits per heavy atom. The quantitative estimate of drug-likeness (QED) is 0.892. The molecule has 2 rings (SSSR count). The van der Waals surface area contributed by atoms with Crippen LogP contribution in [0.25, 0.3) is 0 Å². The fourth-order valence-corrected chi connectivity index (χ4v) is 2.09. The maximum Gasteiger partial charge on any atom is 0.347 e. The average molecular weight is 335 g/mol. The SMILES string of the molecule is COc1ccc(Br)cc1CNc1cc(C#N)[nH]c(=O)n1. The Hall–Kier alpha value is -2.33. The first-order valence-electron chi connectivity index (χ1n) is 5.70. The molecule has 2 N–H and O–H groups in total. The van der Waals surface area contributed by atoms with Crippen molar-refractivity contribution >= 4 is 21.7 Å². The second kappa shape index (κ2) is 6.21. The van der Waals surface area contributed by atoms with Crippen LogP contribution in [0.15, 0.2) is 33.5 Å². The number of nitrogens with one attached hydrogen (secondary N) is 2. The fourth-order valence-electron chi connectivity index (χ4n) is 1.68. The van der Waals surface area contributed by atoms with Gasteiger partial charge in [0.15, 0.2) is 0 Å². The van der Waals surface area contributed by atoms with E-state index in [0.717, 1.165) is 15.8 Å². The number of aromatic amines is 1. The van der Waals surface area contributed by atoms with Crippen LogP contribution in [0.2, 0.25) is 0 Å². The first kappa shape index (κ1) is 14.1. The van der Waals surface area contributed by atoms with Gasteiger partial charge in [0, 0.05) is 22.6 Å². The molecule has 1 heterocycles. The van der Waals surface area contributed by atoms with Crippen molar-refractivity contribution in [2.24, 2.45) is 0 Å². The standard InChI is InChI=1S/C13H11BrN4O2/c1-20-11-3-2-9(14)4-8(11)7-16-12-5-10(6-15)17-13(19)18-12/h2-5H,7H2,1H3,(H2,16,17,18,19). The number of methoxy groups -OCH3 is 1. The number of aromatic nitrogens is 2. The number of benzene rings is 1. The molecule has 0 radical (unpaired) electrons. The van der Waals surface area contributed by atoms with Crippen LogP contribution in [0.5, 0.6) is 5.75 Å². The number of ether oxygens (including phenoxy) is 1. The molecule has 6 nitrogen and oxygen atoms in total. The van der Waals surface area contributed by atoms with Crippen LogP contribution in [0.4, 0.5) is 5.82 Å². The number of nitrogens with zero attached hydrogens (tertiary/aromatic N) is 2. The molecule has 102 valence electrons. The van der Waals surface area contributed by atoms with Crippen LogP contribution in [0.1, 0.15) is 11.3 Å². The second-order valence-electron chi connectivity index (χ2n) is 3.91. The number of H-pyrrole nitrogens is 1. The third-order valence-corrected chi connectivity index (χ3v) is 3.06. The summed E-state index contributed by atoms with van der Waals surface area (Å²) in [6.07, 6.45) is 0. The minimum absolute atomic E-state index is 0.161. The van der Waals surface area contributed by atoms with Gasteiger partial charge < -0.3 is 10.1 Å². The number of rotatable bonds is 4. The number of halogens is 1. The smallest absolute Gasteiger partial charge is 0.347 e. The predicted octanol–water partition coefficient (Wildman–Crippen LogP) is 2.02. The van der Waals surface area contributed by atoms with Gasteiger partial charge in [-0.1, -0.05) is 15.9 Å². The van der Waals surface area contributed by atoms with Crippen LogP contribution in [0.3, 0.4) is 0 Å². The Bertz CT molecular complexity index is 721. The zero-order valence-electron chi connectivity index (χ0n) is 10.6. The number of hydrogen-bond donors (Lipinski definition) is 2. The van der Waals surface area contributed by atoms with E-state index in [4.69, 9.17) is 10.00 Å². The second-order valence-corrected chi connectivity index (χ2v) is 4.82. The Balaban J connectivity index is 2.21. The highest BCUT2D eigenvalue weighted by Crippen LogP contribution is 2.23. The number of nitriles is 1. The van der Waals surface area contributed by atoms with Crippen LogP contribution in [-0.4, -0.2) is 17.1 Å². The van der Waals surface area contributed by atoms with Gasteiger partial charge >= 0.3 is 5.69 Å². The lowest BCUT2D eigenvalue weighted by Gasteiger charge is -2.10. The van der Waals surface area contributed by atoms with Gasteiger partial charge in [-0.3, -0.25) is 4.98 Å². The van der Waals surface area contributed by atoms with Crippen LogP contribution < -0.4 is 15.7 Å². The Kier molecular flexibility index (Phi) is 4.38. The molecule has 2 aromatic rings. The van der Waals surface area contributed by atoms with E-state index in [1.165, 1.54) is 6.07 Å². The predicted molar refractivity (Wildman–Crippen MR) is 77.6 cm³/mol. The Morgan fingerprint density at radius 2 is 2.30 bits per heavy atom. The Labute approximate surface area is 123 Å². The van der Waals surface area contributed by atoms with E-state index < -0.39 is 5.69 Å². The zero-order valence-corrected chi connectivity index (χ0v) is 12.2. The molecule has 0 bridgehead atoms. The topological polar surface area (TPSA) is 90.8 Å². The molecule has 0 unspecified atom stereocenters. The maximum absolute atomic E-state index is 11.3. The summed E-state index contributed by atoms with van der Waals surface area (Å²) in [5, 5.41) is 11.8. The highest BCUT2D eigenvalue weighted by Gasteiger charge is 2.05. The summed E-state index contributed by atoms with van der Waals surface area (Å²) in [5.41, 5.74) is 0.504. The lowest BCUT2D eigenvalue weighted by atomic mass is 10.2. The monoisotopic (exact) mass is 334 g/mol. The van der Waals surface area contributed by atoms with Crippen molar-refractivity contribution in [3.63, 3.8) is 0 Å². The van der Waals surface area contributed by atoms with Gasteiger partial charge in [-0.05, 0) is 18.2 Å². The van der Waals surface area contributed by atoms with Crippen LogP contribution in [-0.2, 0) is 6.54 Å². The van der Waals surface area contributed by atoms with E-state index in [2.05, 4.69) is 31.2 Å². The van der Waals surface area contributed by atoms with E-state index in [1.807, 2.05) is 24.3 Å². The van der Waals surface area contributed by atoms with Crippen molar-refractivity contribution in [3.05, 3.63) is 50.5 Å². The van der Waals surface area contributed by atoms with Gasteiger partial charge in [0.1, 0.15) is 23.3 Å². The summed E-state index contributed by atoms with van der Waals surface area (Å²) in [7, 11) is 1.59. The van der Waals surface area contributed by atoms with Gasteiger partial charge in [-0.25, -0.2) is 4.79 Å². The van der Waals surface area contributed by atoms with E-state index in [9.17, 15) is 4.79 Å². The number of hydrogen-bond acceptors (Lipinski definition) is 5. The summed E-state index contributed by atoms with van der Waals surface area (Å²) in [4.78, 5) is 17.3. The summed E-state index contributed by atoms with van der Waals surface area (Å²) in [5.74, 6) is 1.07. The van der Waals surface area contributed by atoms with Crippen LogP contribution in [0, 0.1) is 11.3 Å². The molecule has 0 aliphatic carbocycles. The molecule has 1 aromatic heterocycles. The average Bonchev–Trinajstić information content (AvgIpc) is 2.44. The van der Waals surface area contributed by atoms with E-state index in [-0.39, 0.29) is 5.69 Å². The van der Waals surface area contributed by atoms with Gasteiger partial charge in [-0.2, -0.15) is 10.2 Å². The van der Waals surface area contributed by atoms with Crippen molar-refractivity contribution in [3.8, 4) is 11.8 Å². The normalized spacial score (nSPS) is 9.85. The lowest BCUT2D eigenvalue weighted by molar-refractivity contribution is 0.410. The maximum atomic E-state index is 11.3. The summed E-state index contributed by atoms with van der Waals surface area (Å²) in [6, 6.07) is 8.97. The third-order valence-electron chi connectivity index (χ3n) is 2.57. The van der Waals surface area contributed by atoms with Crippen molar-refractivity contribution in [1.82, 2.24) is 9.97 Å². The molecule has 0 saturated carbocycles. The van der Waals surface area contributed by atoms with Crippen molar-refractivity contribution < 1.29 is 4.74 Å². The molecule has 1 aromatic carbocycles. The van der Waals surface area contributed by atoms with Gasteiger partial charge in [-0.15, -0.1) is 0 Å². The molecule has 0 saturated heterocycles. The molecule has 0 atom stereocenters. The molecular formula is C13H11BrN4O2. The molecule has 0 amide bonds. The highest BCUT2D eigenvalue weighted by atomic mass is 79.9. The Morgan fingerprint density at radius 1 is 1.50 bits per heavy atom. The molecule has 7 heteroatoms. The first-order chi connectivity index (χ1) is 9.62. The first-order valence-corrected chi connectivity index (χ1v) is 6.49. The molecule has 20 heavy (non-hydrogen) atoms. The van der Waals surface area contributed by atoms with Gasteiger partial charge in [0.05, 0.1) is 7.11 Å². The molecule has 0 aliphatic heterocycles. The van der Waals surface area contributed by atoms with E-state index in [0.29, 0.717) is 12.4 Å². The highest BCUT2D eigenvalue weighted by molar-refractivity contribution is 9.10. The van der Waals surface area contributed by atoms with Crippen molar-refractivity contribution in [2.75, 3.05) is 12.4 Å². The number of anilines is 1. The minimum Gasteiger partial charge on any atom is -0.496 e. The minimum atomic E-state index is -0.562. The summed E-state index contributed by atoms with van der Waals surface area (Å²) < 4.78 is 6.18. The molecule has 0 aliphatic rings. The van der Waals surface area contributed by atoms with Gasteiger partial charge in [0.2, 0.25) is 0 Å². The fraction of sp³-hybridized carbons (Fsp3) is 0.154. The molecule has 0 fully saturated rings. The summed E-state index contributed by atoms with van der Waals surface area (Å²) >= 11 is 3.39. The zero-order chi connectivity index (χ0) is 14.5. The van der Waals surface area contributed by atoms with E-state index >= 15 is 0 Å². The third kappa shape index (κ3) is 3.36. The lowest BCUT2D eigenvalue weighted by Crippen LogP contribution is -2.15. The van der Waals surface area contributed by atoms with Crippen molar-refractivity contribution in [2.45, 2.75) is 6.54 Å². The van der Waals surface area contributed by atoms with Gasteiger partial charge in [0.25, 0.3) is 0 Å². The summed E-state index contributed by atoms with van der Waals surface area (Å²) in [6.45, 7) is 0.421. The van der Waals surface area contributed by atoms with Crippen molar-refractivity contribution in [1.29, 1.82) is 5.26 Å². The van der Waals surface area contributed by atoms with E-state index in [1.54, 1.807) is 7.11 Å². The largest absolute Gasteiger partial charge is 0.496 e.